The zero-order valence-corrected chi connectivity index (χ0v) is 17.3. The van der Waals surface area contributed by atoms with Gasteiger partial charge in [-0.25, -0.2) is 13.1 Å². The summed E-state index contributed by atoms with van der Waals surface area (Å²) in [6.07, 6.45) is 2.66. The summed E-state index contributed by atoms with van der Waals surface area (Å²) in [4.78, 5) is 2.44. The minimum absolute atomic E-state index is 0.0186. The average Bonchev–Trinajstić information content (AvgIpc) is 2.63. The summed E-state index contributed by atoms with van der Waals surface area (Å²) in [5, 5.41) is 12.2. The Hall–Kier alpha value is -1.18. The Morgan fingerprint density at radius 3 is 2.48 bits per heavy atom. The van der Waals surface area contributed by atoms with Crippen LogP contribution in [0.5, 0.6) is 0 Å². The molecule has 1 aliphatic rings. The van der Waals surface area contributed by atoms with Crippen LogP contribution in [0.15, 0.2) is 41.3 Å². The van der Waals surface area contributed by atoms with E-state index in [0.717, 1.165) is 12.8 Å². The quantitative estimate of drug-likeness (QED) is 0.765. The minimum atomic E-state index is -3.75. The van der Waals surface area contributed by atoms with Gasteiger partial charge in [0, 0.05) is 41.0 Å². The molecule has 2 aromatic rings. The second kappa shape index (κ2) is 8.45. The molecule has 0 unspecified atom stereocenters. The van der Waals surface area contributed by atoms with E-state index < -0.39 is 16.1 Å². The number of aliphatic hydroxyl groups excluding tert-OH is 1. The number of sulfonamides is 1. The molecule has 5 nitrogen and oxygen atoms in total. The van der Waals surface area contributed by atoms with Crippen molar-refractivity contribution in [1.29, 1.82) is 0 Å². The van der Waals surface area contributed by atoms with Gasteiger partial charge in [0.2, 0.25) is 10.0 Å². The van der Waals surface area contributed by atoms with Gasteiger partial charge in [0.1, 0.15) is 0 Å². The van der Waals surface area contributed by atoms with Crippen molar-refractivity contribution in [2.75, 3.05) is 13.1 Å². The van der Waals surface area contributed by atoms with Gasteiger partial charge in [-0.3, -0.25) is 4.90 Å². The number of nitrogens with one attached hydrogen (secondary N) is 1. The van der Waals surface area contributed by atoms with Crippen LogP contribution in [0.4, 0.5) is 0 Å². The first-order valence-corrected chi connectivity index (χ1v) is 11.3. The number of likely N-dealkylation sites (tertiary alicyclic amines) is 1. The molecule has 0 aliphatic carbocycles. The van der Waals surface area contributed by atoms with Gasteiger partial charge >= 0.3 is 0 Å². The van der Waals surface area contributed by atoms with E-state index in [0.29, 0.717) is 34.4 Å². The van der Waals surface area contributed by atoms with E-state index in [2.05, 4.69) is 23.5 Å². The summed E-state index contributed by atoms with van der Waals surface area (Å²) in [5.74, 6) is 0. The summed E-state index contributed by atoms with van der Waals surface area (Å²) in [5.41, 5.74) is 0. The Morgan fingerprint density at radius 2 is 1.78 bits per heavy atom. The summed E-state index contributed by atoms with van der Waals surface area (Å²) in [7, 11) is -3.75. The van der Waals surface area contributed by atoms with Gasteiger partial charge in [-0.1, -0.05) is 42.3 Å². The van der Waals surface area contributed by atoms with Crippen molar-refractivity contribution in [3.05, 3.63) is 41.4 Å². The van der Waals surface area contributed by atoms with Gasteiger partial charge in [-0.15, -0.1) is 0 Å². The molecule has 148 valence electrons. The van der Waals surface area contributed by atoms with Crippen molar-refractivity contribution in [3.63, 3.8) is 0 Å². The van der Waals surface area contributed by atoms with E-state index in [4.69, 9.17) is 11.6 Å². The lowest BCUT2D eigenvalue weighted by molar-refractivity contribution is 0.0438. The van der Waals surface area contributed by atoms with Crippen LogP contribution in [0.25, 0.3) is 10.8 Å². The SMILES string of the molecule is C[C@@H]1CCC[C@H](C)N1C[C@H](O)CNS(=O)(=O)c1cccc2c(Cl)cccc12. The second-order valence-electron chi connectivity index (χ2n) is 7.42. The van der Waals surface area contributed by atoms with E-state index in [1.54, 1.807) is 36.4 Å². The van der Waals surface area contributed by atoms with Crippen molar-refractivity contribution >= 4 is 32.4 Å². The molecule has 7 heteroatoms. The van der Waals surface area contributed by atoms with E-state index in [-0.39, 0.29) is 11.4 Å². The Labute approximate surface area is 166 Å². The molecule has 0 spiro atoms. The number of rotatable bonds is 6. The van der Waals surface area contributed by atoms with Gasteiger partial charge in [-0.2, -0.15) is 0 Å². The van der Waals surface area contributed by atoms with E-state index in [1.165, 1.54) is 6.42 Å². The molecule has 0 amide bonds. The predicted molar refractivity (Wildman–Crippen MR) is 110 cm³/mol. The van der Waals surface area contributed by atoms with Gasteiger partial charge < -0.3 is 5.11 Å². The van der Waals surface area contributed by atoms with Crippen molar-refractivity contribution in [1.82, 2.24) is 9.62 Å². The lowest BCUT2D eigenvalue weighted by Crippen LogP contribution is -2.49. The molecule has 27 heavy (non-hydrogen) atoms. The van der Waals surface area contributed by atoms with Crippen LogP contribution in [-0.4, -0.2) is 49.7 Å². The Balaban J connectivity index is 1.71. The number of hydrogen-bond acceptors (Lipinski definition) is 4. The van der Waals surface area contributed by atoms with Crippen LogP contribution in [-0.2, 0) is 10.0 Å². The van der Waals surface area contributed by atoms with Gasteiger partial charge in [0.15, 0.2) is 0 Å². The first-order chi connectivity index (χ1) is 12.8. The summed E-state index contributed by atoms with van der Waals surface area (Å²) < 4.78 is 28.2. The van der Waals surface area contributed by atoms with Gasteiger partial charge in [0.25, 0.3) is 0 Å². The number of fused-ring (bicyclic) bond motifs is 1. The fourth-order valence-corrected chi connectivity index (χ4v) is 5.43. The van der Waals surface area contributed by atoms with Crippen LogP contribution in [0.2, 0.25) is 5.02 Å². The van der Waals surface area contributed by atoms with Crippen LogP contribution < -0.4 is 4.72 Å². The van der Waals surface area contributed by atoms with Crippen LogP contribution in [0, 0.1) is 0 Å². The lowest BCUT2D eigenvalue weighted by atomic mass is 9.97. The van der Waals surface area contributed by atoms with Gasteiger partial charge in [-0.05, 0) is 38.8 Å². The Bertz CT molecular complexity index is 893. The molecule has 0 bridgehead atoms. The predicted octanol–water partition coefficient (Wildman–Crippen LogP) is 3.40. The van der Waals surface area contributed by atoms with Crippen LogP contribution >= 0.6 is 11.6 Å². The van der Waals surface area contributed by atoms with Crippen molar-refractivity contribution in [2.45, 2.75) is 56.2 Å². The molecular weight excluding hydrogens is 384 g/mol. The lowest BCUT2D eigenvalue weighted by Gasteiger charge is -2.40. The zero-order valence-electron chi connectivity index (χ0n) is 15.7. The normalized spacial score (nSPS) is 22.8. The van der Waals surface area contributed by atoms with Crippen molar-refractivity contribution in [2.24, 2.45) is 0 Å². The summed E-state index contributed by atoms with van der Waals surface area (Å²) in [6.45, 7) is 4.76. The van der Waals surface area contributed by atoms with Crippen molar-refractivity contribution < 1.29 is 13.5 Å². The third-order valence-electron chi connectivity index (χ3n) is 5.43. The molecule has 0 aromatic heterocycles. The number of halogens is 1. The largest absolute Gasteiger partial charge is 0.390 e. The maximum Gasteiger partial charge on any atom is 0.241 e. The first kappa shape index (κ1) is 20.6. The third-order valence-corrected chi connectivity index (χ3v) is 7.24. The molecule has 1 aliphatic heterocycles. The van der Waals surface area contributed by atoms with E-state index >= 15 is 0 Å². The first-order valence-electron chi connectivity index (χ1n) is 9.40. The molecule has 1 heterocycles. The highest BCUT2D eigenvalue weighted by molar-refractivity contribution is 7.89. The van der Waals surface area contributed by atoms with Crippen LogP contribution in [0.1, 0.15) is 33.1 Å². The zero-order chi connectivity index (χ0) is 19.6. The molecule has 2 aromatic carbocycles. The Morgan fingerprint density at radius 1 is 1.15 bits per heavy atom. The Kier molecular flexibility index (Phi) is 6.43. The fraction of sp³-hybridized carbons (Fsp3) is 0.500. The highest BCUT2D eigenvalue weighted by Crippen LogP contribution is 2.28. The number of piperidine rings is 1. The molecule has 0 saturated carbocycles. The molecule has 0 radical (unpaired) electrons. The molecule has 3 rings (SSSR count). The fourth-order valence-electron chi connectivity index (χ4n) is 3.90. The molecule has 3 atom stereocenters. The van der Waals surface area contributed by atoms with Crippen molar-refractivity contribution in [3.8, 4) is 0 Å². The molecule has 2 N–H and O–H groups in total. The van der Waals surface area contributed by atoms with Crippen LogP contribution in [0.3, 0.4) is 0 Å². The maximum absolute atomic E-state index is 12.8. The third kappa shape index (κ3) is 4.63. The molecule has 1 fully saturated rings. The number of nitrogens with zero attached hydrogens (tertiary/aromatic N) is 1. The van der Waals surface area contributed by atoms with E-state index in [9.17, 15) is 13.5 Å². The minimum Gasteiger partial charge on any atom is -0.390 e. The topological polar surface area (TPSA) is 69.6 Å². The summed E-state index contributed by atoms with van der Waals surface area (Å²) >= 11 is 6.18. The average molecular weight is 411 g/mol. The summed E-state index contributed by atoms with van der Waals surface area (Å²) in [6, 6.07) is 11.0. The maximum atomic E-state index is 12.8. The molecule has 1 saturated heterocycles. The smallest absolute Gasteiger partial charge is 0.241 e. The number of β-amino-alcohol motifs (C(OH)–C–C–N with tert-alkyl or cyclic N) is 1. The number of benzene rings is 2. The molecular formula is C20H27ClN2O3S. The van der Waals surface area contributed by atoms with E-state index in [1.807, 2.05) is 0 Å². The second-order valence-corrected chi connectivity index (χ2v) is 9.57. The van der Waals surface area contributed by atoms with Gasteiger partial charge in [0.05, 0.1) is 11.0 Å². The highest BCUT2D eigenvalue weighted by Gasteiger charge is 2.27. The monoisotopic (exact) mass is 410 g/mol. The number of hydrogen-bond donors (Lipinski definition) is 2. The number of aliphatic hydroxyl groups is 1. The standard InChI is InChI=1S/C20H27ClN2O3S/c1-14-6-3-7-15(2)23(14)13-16(24)12-22-27(25,26)20-11-5-8-17-18(20)9-4-10-19(17)21/h4-5,8-11,14-16,22,24H,3,6-7,12-13H2,1-2H3/t14-,15+,16-/m1/s1. The highest BCUT2D eigenvalue weighted by atomic mass is 35.5.